The monoisotopic (exact) mass is 460 g/mol. The maximum atomic E-state index is 12.8. The molecule has 0 radical (unpaired) electrons. The van der Waals surface area contributed by atoms with Gasteiger partial charge < -0.3 is 9.73 Å². The molecule has 0 atom stereocenters. The van der Waals surface area contributed by atoms with Gasteiger partial charge in [0.15, 0.2) is 10.9 Å². The molecule has 1 aromatic carbocycles. The van der Waals surface area contributed by atoms with Crippen molar-refractivity contribution in [1.29, 1.82) is 0 Å². The fourth-order valence-electron chi connectivity index (χ4n) is 2.78. The Bertz CT molecular complexity index is 1300. The van der Waals surface area contributed by atoms with Crippen molar-refractivity contribution in [2.45, 2.75) is 21.7 Å². The number of nitrogens with two attached hydrogens (primary N) is 1. The van der Waals surface area contributed by atoms with Gasteiger partial charge in [0.2, 0.25) is 10.0 Å². The van der Waals surface area contributed by atoms with Crippen LogP contribution in [0.1, 0.15) is 21.0 Å². The number of nitrogens with one attached hydrogen (secondary N) is 1. The van der Waals surface area contributed by atoms with Gasteiger partial charge in [-0.2, -0.15) is 0 Å². The number of fused-ring (bicyclic) bond motifs is 1. The number of hydrogen-bond donors (Lipinski definition) is 2. The maximum Gasteiger partial charge on any atom is 0.287 e. The van der Waals surface area contributed by atoms with Crippen LogP contribution in [0.4, 0.5) is 0 Å². The molecular weight excluding hydrogens is 444 g/mol. The first-order chi connectivity index (χ1) is 14.4. The molecule has 30 heavy (non-hydrogen) atoms. The van der Waals surface area contributed by atoms with Crippen LogP contribution in [0, 0.1) is 0 Å². The average Bonchev–Trinajstić information content (AvgIpc) is 3.36. The minimum atomic E-state index is -3.76. The number of nitrogens with zero attached hydrogens (tertiary/aromatic N) is 2. The van der Waals surface area contributed by atoms with Crippen molar-refractivity contribution in [3.05, 3.63) is 71.1 Å². The molecule has 0 bridgehead atoms. The minimum Gasteiger partial charge on any atom is -0.451 e. The Morgan fingerprint density at radius 2 is 1.90 bits per heavy atom. The summed E-state index contributed by atoms with van der Waals surface area (Å²) in [5.41, 5.74) is 1.36. The predicted octanol–water partition coefficient (Wildman–Crippen LogP) is 3.15. The summed E-state index contributed by atoms with van der Waals surface area (Å²) in [6.45, 7) is 0.157. The molecule has 0 aliphatic heterocycles. The molecule has 1 amide bonds. The number of benzene rings is 1. The molecule has 11 heteroatoms. The third kappa shape index (κ3) is 4.54. The molecule has 0 unspecified atom stereocenters. The van der Waals surface area contributed by atoms with E-state index in [-0.39, 0.29) is 22.4 Å². The number of furan rings is 1. The number of carbonyl (C=O) groups excluding carboxylic acids is 1. The molecule has 0 fully saturated rings. The highest BCUT2D eigenvalue weighted by Gasteiger charge is 2.21. The van der Waals surface area contributed by atoms with Crippen molar-refractivity contribution in [1.82, 2.24) is 15.3 Å². The van der Waals surface area contributed by atoms with Crippen LogP contribution in [0.5, 0.6) is 0 Å². The second kappa shape index (κ2) is 8.56. The van der Waals surface area contributed by atoms with Crippen molar-refractivity contribution in [3.63, 3.8) is 0 Å². The topological polar surface area (TPSA) is 128 Å². The van der Waals surface area contributed by atoms with E-state index < -0.39 is 10.0 Å². The molecule has 3 N–H and O–H groups in total. The van der Waals surface area contributed by atoms with Crippen LogP contribution in [0.2, 0.25) is 0 Å². The van der Waals surface area contributed by atoms with E-state index in [4.69, 9.17) is 9.56 Å². The number of amides is 1. The number of para-hydroxylation sites is 1. The summed E-state index contributed by atoms with van der Waals surface area (Å²) < 4.78 is 28.7. The normalized spacial score (nSPS) is 11.6. The largest absolute Gasteiger partial charge is 0.451 e. The molecule has 0 aliphatic rings. The van der Waals surface area contributed by atoms with E-state index in [1.165, 1.54) is 17.8 Å². The lowest BCUT2D eigenvalue weighted by atomic mass is 10.1. The van der Waals surface area contributed by atoms with Crippen LogP contribution in [-0.2, 0) is 22.3 Å². The van der Waals surface area contributed by atoms with E-state index in [2.05, 4.69) is 15.3 Å². The second-order valence-corrected chi connectivity index (χ2v) is 10.1. The van der Waals surface area contributed by atoms with Crippen LogP contribution in [0.25, 0.3) is 11.0 Å². The number of rotatable bonds is 7. The number of aromatic nitrogens is 2. The third-order valence-electron chi connectivity index (χ3n) is 4.13. The Morgan fingerprint density at radius 3 is 2.63 bits per heavy atom. The van der Waals surface area contributed by atoms with Crippen molar-refractivity contribution >= 4 is 50.0 Å². The minimum absolute atomic E-state index is 0.0513. The van der Waals surface area contributed by atoms with Gasteiger partial charge in [-0.3, -0.25) is 4.79 Å². The van der Waals surface area contributed by atoms with Crippen molar-refractivity contribution in [3.8, 4) is 0 Å². The summed E-state index contributed by atoms with van der Waals surface area (Å²) >= 11 is 2.42. The summed E-state index contributed by atoms with van der Waals surface area (Å²) in [6, 6.07) is 12.2. The zero-order valence-corrected chi connectivity index (χ0v) is 17.9. The Labute approximate surface area is 180 Å². The first-order valence-electron chi connectivity index (χ1n) is 8.72. The Kier molecular flexibility index (Phi) is 5.86. The molecule has 0 saturated heterocycles. The first kappa shape index (κ1) is 20.5. The summed E-state index contributed by atoms with van der Waals surface area (Å²) in [6.07, 6.45) is 3.32. The molecular formula is C19H16N4O4S3. The standard InChI is InChI=1S/C19H16N4O4S3/c20-30(25,26)16-7-6-12(29-16)10-23-18(24)17-14(11-28-19-21-8-3-9-22-19)13-4-1-2-5-15(13)27-17/h1-9H,10-11H2,(H,23,24)(H2,20,25,26). The number of thiophene rings is 1. The van der Waals surface area contributed by atoms with Gasteiger partial charge in [0.05, 0.1) is 6.54 Å². The number of thioether (sulfide) groups is 1. The van der Waals surface area contributed by atoms with Gasteiger partial charge in [-0.15, -0.1) is 11.3 Å². The van der Waals surface area contributed by atoms with E-state index in [0.717, 1.165) is 22.3 Å². The Morgan fingerprint density at radius 1 is 1.13 bits per heavy atom. The molecule has 8 nitrogen and oxygen atoms in total. The quantitative estimate of drug-likeness (QED) is 0.320. The van der Waals surface area contributed by atoms with E-state index in [1.54, 1.807) is 30.6 Å². The number of sulfonamides is 1. The fourth-order valence-corrected chi connectivity index (χ4v) is 5.33. The van der Waals surface area contributed by atoms with E-state index in [1.807, 2.05) is 18.2 Å². The second-order valence-electron chi connectivity index (χ2n) is 6.17. The summed E-state index contributed by atoms with van der Waals surface area (Å²) in [7, 11) is -3.76. The molecule has 4 aromatic rings. The average molecular weight is 461 g/mol. The zero-order valence-electron chi connectivity index (χ0n) is 15.4. The van der Waals surface area contributed by atoms with E-state index in [0.29, 0.717) is 21.4 Å². The maximum absolute atomic E-state index is 12.8. The van der Waals surface area contributed by atoms with Gasteiger partial charge in [0, 0.05) is 34.0 Å². The predicted molar refractivity (Wildman–Crippen MR) is 115 cm³/mol. The third-order valence-corrected chi connectivity index (χ3v) is 7.56. The van der Waals surface area contributed by atoms with Crippen LogP contribution in [0.3, 0.4) is 0 Å². The van der Waals surface area contributed by atoms with E-state index in [9.17, 15) is 13.2 Å². The summed E-state index contributed by atoms with van der Waals surface area (Å²) in [5.74, 6) is 0.280. The Balaban J connectivity index is 1.55. The summed E-state index contributed by atoms with van der Waals surface area (Å²) in [5, 5.41) is 9.36. The molecule has 4 rings (SSSR count). The SMILES string of the molecule is NS(=O)(=O)c1ccc(CNC(=O)c2oc3ccccc3c2CSc2ncccn2)s1. The van der Waals surface area contributed by atoms with Gasteiger partial charge in [0.25, 0.3) is 5.91 Å². The Hall–Kier alpha value is -2.73. The highest BCUT2D eigenvalue weighted by molar-refractivity contribution is 7.98. The lowest BCUT2D eigenvalue weighted by Crippen LogP contribution is -2.22. The van der Waals surface area contributed by atoms with Gasteiger partial charge in [-0.25, -0.2) is 23.5 Å². The van der Waals surface area contributed by atoms with Gasteiger partial charge >= 0.3 is 0 Å². The lowest BCUT2D eigenvalue weighted by Gasteiger charge is -2.04. The van der Waals surface area contributed by atoms with Crippen LogP contribution in [0.15, 0.2) is 68.6 Å². The lowest BCUT2D eigenvalue weighted by molar-refractivity contribution is 0.0924. The zero-order chi connectivity index (χ0) is 21.1. The molecule has 0 aliphatic carbocycles. The van der Waals surface area contributed by atoms with Crippen LogP contribution >= 0.6 is 23.1 Å². The van der Waals surface area contributed by atoms with Crippen LogP contribution < -0.4 is 10.5 Å². The fraction of sp³-hybridized carbons (Fsp3) is 0.105. The number of carbonyl (C=O) groups is 1. The number of primary sulfonamides is 1. The molecule has 0 saturated carbocycles. The van der Waals surface area contributed by atoms with Crippen molar-refractivity contribution in [2.24, 2.45) is 5.14 Å². The molecule has 3 heterocycles. The van der Waals surface area contributed by atoms with Crippen molar-refractivity contribution < 1.29 is 17.6 Å². The highest BCUT2D eigenvalue weighted by Crippen LogP contribution is 2.31. The van der Waals surface area contributed by atoms with Crippen molar-refractivity contribution in [2.75, 3.05) is 0 Å². The molecule has 154 valence electrons. The van der Waals surface area contributed by atoms with E-state index >= 15 is 0 Å². The van der Waals surface area contributed by atoms with Gasteiger partial charge in [-0.1, -0.05) is 30.0 Å². The van der Waals surface area contributed by atoms with Crippen LogP contribution in [-0.4, -0.2) is 24.3 Å². The smallest absolute Gasteiger partial charge is 0.287 e. The number of hydrogen-bond acceptors (Lipinski definition) is 8. The molecule has 0 spiro atoms. The molecule has 3 aromatic heterocycles. The summed E-state index contributed by atoms with van der Waals surface area (Å²) in [4.78, 5) is 21.9. The van der Waals surface area contributed by atoms with Gasteiger partial charge in [-0.05, 0) is 24.3 Å². The van der Waals surface area contributed by atoms with Gasteiger partial charge in [0.1, 0.15) is 9.79 Å². The highest BCUT2D eigenvalue weighted by atomic mass is 32.2. The first-order valence-corrected chi connectivity index (χ1v) is 12.1.